The molecule has 2 aromatic carbocycles. The zero-order chi connectivity index (χ0) is 19.2. The molecule has 0 aliphatic carbocycles. The van der Waals surface area contributed by atoms with Crippen molar-refractivity contribution in [3.05, 3.63) is 65.9 Å². The van der Waals surface area contributed by atoms with Crippen LogP contribution in [-0.4, -0.2) is 30.3 Å². The smallest absolute Gasteiger partial charge is 0.276 e. The number of benzene rings is 2. The molecule has 7 nitrogen and oxygen atoms in total. The molecule has 7 heteroatoms. The van der Waals surface area contributed by atoms with Gasteiger partial charge in [0, 0.05) is 11.8 Å². The molecule has 1 heterocycles. The topological polar surface area (TPSA) is 85.4 Å². The van der Waals surface area contributed by atoms with Gasteiger partial charge in [0.2, 0.25) is 0 Å². The summed E-state index contributed by atoms with van der Waals surface area (Å²) < 4.78 is 10.5. The predicted octanol–water partition coefficient (Wildman–Crippen LogP) is 3.80. The fraction of sp³-hybridized carbons (Fsp3) is 0.150. The molecule has 0 radical (unpaired) electrons. The van der Waals surface area contributed by atoms with Gasteiger partial charge in [-0.05, 0) is 42.8 Å². The van der Waals surface area contributed by atoms with Crippen molar-refractivity contribution in [1.29, 1.82) is 0 Å². The van der Waals surface area contributed by atoms with Crippen LogP contribution in [0.15, 0.2) is 54.6 Å². The van der Waals surface area contributed by atoms with Crippen LogP contribution < -0.4 is 20.1 Å². The van der Waals surface area contributed by atoms with E-state index >= 15 is 0 Å². The average molecular weight is 364 g/mol. The summed E-state index contributed by atoms with van der Waals surface area (Å²) in [6.07, 6.45) is 0. The van der Waals surface area contributed by atoms with Gasteiger partial charge in [-0.2, -0.15) is 0 Å². The van der Waals surface area contributed by atoms with Gasteiger partial charge in [-0.1, -0.05) is 18.2 Å². The number of methoxy groups -OCH3 is 2. The van der Waals surface area contributed by atoms with Crippen molar-refractivity contribution in [2.45, 2.75) is 6.92 Å². The van der Waals surface area contributed by atoms with Crippen LogP contribution in [0.25, 0.3) is 0 Å². The third-order valence-corrected chi connectivity index (χ3v) is 3.96. The third kappa shape index (κ3) is 4.33. The van der Waals surface area contributed by atoms with Gasteiger partial charge in [-0.15, -0.1) is 10.2 Å². The van der Waals surface area contributed by atoms with Crippen molar-refractivity contribution in [1.82, 2.24) is 10.2 Å². The molecule has 138 valence electrons. The first-order valence-corrected chi connectivity index (χ1v) is 8.30. The number of carbonyl (C=O) groups is 1. The fourth-order valence-electron chi connectivity index (χ4n) is 2.46. The number of ether oxygens (including phenoxy) is 2. The number of amides is 1. The number of aryl methyl sites for hydroxylation is 1. The zero-order valence-electron chi connectivity index (χ0n) is 15.3. The van der Waals surface area contributed by atoms with Crippen molar-refractivity contribution in [2.75, 3.05) is 24.9 Å². The lowest BCUT2D eigenvalue weighted by Crippen LogP contribution is -2.15. The number of nitrogens with zero attached hydrogens (tertiary/aromatic N) is 2. The van der Waals surface area contributed by atoms with Gasteiger partial charge in [0.05, 0.1) is 19.9 Å². The number of carbonyl (C=O) groups excluding carboxylic acids is 1. The maximum atomic E-state index is 12.3. The molecule has 1 amide bonds. The lowest BCUT2D eigenvalue weighted by Gasteiger charge is -2.12. The SMILES string of the molecule is COc1ccc(Nc2ccc(C(=O)Nc3ccccc3C)nn2)c(OC)c1. The van der Waals surface area contributed by atoms with E-state index in [1.165, 1.54) is 0 Å². The van der Waals surface area contributed by atoms with E-state index < -0.39 is 0 Å². The van der Waals surface area contributed by atoms with E-state index in [4.69, 9.17) is 9.47 Å². The lowest BCUT2D eigenvalue weighted by atomic mass is 10.2. The Labute approximate surface area is 157 Å². The highest BCUT2D eigenvalue weighted by atomic mass is 16.5. The number of anilines is 3. The van der Waals surface area contributed by atoms with Gasteiger partial charge in [0.15, 0.2) is 11.5 Å². The number of para-hydroxylation sites is 1. The van der Waals surface area contributed by atoms with Crippen molar-refractivity contribution in [3.63, 3.8) is 0 Å². The molecule has 0 aliphatic heterocycles. The molecule has 27 heavy (non-hydrogen) atoms. The molecule has 0 saturated heterocycles. The highest BCUT2D eigenvalue weighted by Crippen LogP contribution is 2.30. The van der Waals surface area contributed by atoms with Crippen LogP contribution in [-0.2, 0) is 0 Å². The summed E-state index contributed by atoms with van der Waals surface area (Å²) in [5.74, 6) is 1.47. The highest BCUT2D eigenvalue weighted by molar-refractivity contribution is 6.03. The van der Waals surface area contributed by atoms with Crippen molar-refractivity contribution in [3.8, 4) is 11.5 Å². The zero-order valence-corrected chi connectivity index (χ0v) is 15.3. The Morgan fingerprint density at radius 2 is 1.74 bits per heavy atom. The first kappa shape index (κ1) is 18.2. The minimum absolute atomic E-state index is 0.227. The van der Waals surface area contributed by atoms with Crippen molar-refractivity contribution < 1.29 is 14.3 Å². The first-order valence-electron chi connectivity index (χ1n) is 8.30. The van der Waals surface area contributed by atoms with Gasteiger partial charge in [0.1, 0.15) is 11.5 Å². The van der Waals surface area contributed by atoms with Crippen LogP contribution in [0.4, 0.5) is 17.2 Å². The van der Waals surface area contributed by atoms with Crippen LogP contribution in [0.2, 0.25) is 0 Å². The standard InChI is InChI=1S/C20H20N4O3/c1-13-6-4-5-7-15(13)22-20(25)17-10-11-19(24-23-17)21-16-9-8-14(26-2)12-18(16)27-3/h4-12H,1-3H3,(H,21,24)(H,22,25). The second-order valence-electron chi connectivity index (χ2n) is 5.76. The van der Waals surface area contributed by atoms with E-state index in [9.17, 15) is 4.79 Å². The van der Waals surface area contributed by atoms with Crippen LogP contribution in [0.1, 0.15) is 16.1 Å². The molecule has 0 aliphatic rings. The summed E-state index contributed by atoms with van der Waals surface area (Å²) in [6, 6.07) is 16.2. The molecule has 0 unspecified atom stereocenters. The average Bonchev–Trinajstić information content (AvgIpc) is 2.70. The molecular formula is C20H20N4O3. The summed E-state index contributed by atoms with van der Waals surface area (Å²) >= 11 is 0. The molecule has 1 aromatic heterocycles. The molecule has 3 aromatic rings. The van der Waals surface area contributed by atoms with E-state index in [2.05, 4.69) is 20.8 Å². The Hall–Kier alpha value is -3.61. The molecule has 0 saturated carbocycles. The summed E-state index contributed by atoms with van der Waals surface area (Å²) in [4.78, 5) is 12.3. The molecule has 0 fully saturated rings. The minimum atomic E-state index is -0.314. The summed E-state index contributed by atoms with van der Waals surface area (Å²) in [7, 11) is 3.17. The second-order valence-corrected chi connectivity index (χ2v) is 5.76. The Morgan fingerprint density at radius 1 is 0.926 bits per heavy atom. The number of aromatic nitrogens is 2. The van der Waals surface area contributed by atoms with E-state index in [0.29, 0.717) is 23.0 Å². The van der Waals surface area contributed by atoms with Crippen molar-refractivity contribution in [2.24, 2.45) is 0 Å². The fourth-order valence-corrected chi connectivity index (χ4v) is 2.46. The molecule has 0 atom stereocenters. The van der Waals surface area contributed by atoms with Gasteiger partial charge in [-0.3, -0.25) is 4.79 Å². The van der Waals surface area contributed by atoms with Crippen LogP contribution in [0.5, 0.6) is 11.5 Å². The summed E-state index contributed by atoms with van der Waals surface area (Å²) in [5, 5.41) is 14.0. The summed E-state index contributed by atoms with van der Waals surface area (Å²) in [6.45, 7) is 1.93. The monoisotopic (exact) mass is 364 g/mol. The Kier molecular flexibility index (Phi) is 5.51. The maximum Gasteiger partial charge on any atom is 0.276 e. The normalized spacial score (nSPS) is 10.2. The molecule has 3 rings (SSSR count). The van der Waals surface area contributed by atoms with Crippen LogP contribution in [0.3, 0.4) is 0 Å². The Balaban J connectivity index is 1.72. The molecule has 0 bridgehead atoms. The molecule has 0 spiro atoms. The molecule has 2 N–H and O–H groups in total. The maximum absolute atomic E-state index is 12.3. The van der Waals surface area contributed by atoms with Crippen molar-refractivity contribution >= 4 is 23.1 Å². The van der Waals surface area contributed by atoms with Gasteiger partial charge >= 0.3 is 0 Å². The second kappa shape index (κ2) is 8.18. The van der Waals surface area contributed by atoms with Crippen LogP contribution >= 0.6 is 0 Å². The number of rotatable bonds is 6. The number of hydrogen-bond donors (Lipinski definition) is 2. The molecular weight excluding hydrogens is 344 g/mol. The van der Waals surface area contributed by atoms with E-state index in [1.807, 2.05) is 43.3 Å². The Morgan fingerprint density at radius 3 is 2.41 bits per heavy atom. The first-order chi connectivity index (χ1) is 13.1. The number of hydrogen-bond acceptors (Lipinski definition) is 6. The summed E-state index contributed by atoms with van der Waals surface area (Å²) in [5.41, 5.74) is 2.66. The Bertz CT molecular complexity index is 942. The quantitative estimate of drug-likeness (QED) is 0.692. The van der Waals surface area contributed by atoms with E-state index in [0.717, 1.165) is 11.3 Å². The van der Waals surface area contributed by atoms with Gasteiger partial charge < -0.3 is 20.1 Å². The van der Waals surface area contributed by atoms with E-state index in [-0.39, 0.29) is 11.6 Å². The highest BCUT2D eigenvalue weighted by Gasteiger charge is 2.11. The predicted molar refractivity (Wildman–Crippen MR) is 104 cm³/mol. The largest absolute Gasteiger partial charge is 0.497 e. The van der Waals surface area contributed by atoms with E-state index in [1.54, 1.807) is 32.4 Å². The van der Waals surface area contributed by atoms with Crippen LogP contribution in [0, 0.1) is 6.92 Å². The minimum Gasteiger partial charge on any atom is -0.497 e. The lowest BCUT2D eigenvalue weighted by molar-refractivity contribution is 0.102. The van der Waals surface area contributed by atoms with Gasteiger partial charge in [-0.25, -0.2) is 0 Å². The third-order valence-electron chi connectivity index (χ3n) is 3.96. The van der Waals surface area contributed by atoms with Gasteiger partial charge in [0.25, 0.3) is 5.91 Å². The number of nitrogens with one attached hydrogen (secondary N) is 2.